The largest absolute Gasteiger partial charge is 0.350 e. The van der Waals surface area contributed by atoms with Gasteiger partial charge in [0.15, 0.2) is 0 Å². The third-order valence-electron chi connectivity index (χ3n) is 3.71. The maximum absolute atomic E-state index is 13.7. The molecular formula is C19H20ClFN2O2. The van der Waals surface area contributed by atoms with Crippen molar-refractivity contribution in [2.24, 2.45) is 5.92 Å². The second kappa shape index (κ2) is 8.62. The lowest BCUT2D eigenvalue weighted by molar-refractivity contribution is -0.124. The fraction of sp³-hybridized carbons (Fsp3) is 0.263. The van der Waals surface area contributed by atoms with Crippen LogP contribution in [-0.2, 0) is 11.3 Å². The molecule has 25 heavy (non-hydrogen) atoms. The van der Waals surface area contributed by atoms with Crippen molar-refractivity contribution >= 4 is 23.4 Å². The van der Waals surface area contributed by atoms with E-state index in [0.29, 0.717) is 5.02 Å². The Kier molecular flexibility index (Phi) is 6.53. The molecule has 6 heteroatoms. The smallest absolute Gasteiger partial charge is 0.254 e. The van der Waals surface area contributed by atoms with Gasteiger partial charge in [-0.25, -0.2) is 4.39 Å². The molecule has 0 spiro atoms. The summed E-state index contributed by atoms with van der Waals surface area (Å²) in [5.41, 5.74) is 0.763. The zero-order chi connectivity index (χ0) is 18.4. The van der Waals surface area contributed by atoms with E-state index in [1.807, 2.05) is 19.9 Å². The molecule has 0 radical (unpaired) electrons. The van der Waals surface area contributed by atoms with Crippen molar-refractivity contribution in [3.8, 4) is 0 Å². The van der Waals surface area contributed by atoms with Crippen molar-refractivity contribution in [2.45, 2.75) is 26.4 Å². The third kappa shape index (κ3) is 5.29. The van der Waals surface area contributed by atoms with Gasteiger partial charge in [0.1, 0.15) is 11.9 Å². The Hall–Kier alpha value is -2.40. The first-order valence-electron chi connectivity index (χ1n) is 7.96. The van der Waals surface area contributed by atoms with Crippen LogP contribution in [0.4, 0.5) is 4.39 Å². The van der Waals surface area contributed by atoms with E-state index in [9.17, 15) is 14.0 Å². The fourth-order valence-corrected chi connectivity index (χ4v) is 2.56. The summed E-state index contributed by atoms with van der Waals surface area (Å²) < 4.78 is 13.7. The van der Waals surface area contributed by atoms with Crippen LogP contribution in [-0.4, -0.2) is 17.9 Å². The predicted molar refractivity (Wildman–Crippen MR) is 95.8 cm³/mol. The first-order valence-corrected chi connectivity index (χ1v) is 8.34. The molecule has 2 N–H and O–H groups in total. The standard InChI is InChI=1S/C19H20ClFN2O2/c1-12(2)17(23-18(24)15-8-3-4-9-16(15)21)19(25)22-11-13-6-5-7-14(20)10-13/h3-10,12,17H,11H2,1-2H3,(H,22,25)(H,23,24)/t17-/m0/s1. The van der Waals surface area contributed by atoms with Crippen molar-refractivity contribution in [3.05, 3.63) is 70.5 Å². The zero-order valence-electron chi connectivity index (χ0n) is 14.1. The molecule has 0 fully saturated rings. The molecule has 0 aromatic heterocycles. The van der Waals surface area contributed by atoms with E-state index in [-0.39, 0.29) is 23.9 Å². The second-order valence-corrected chi connectivity index (χ2v) is 6.46. The Morgan fingerprint density at radius 2 is 1.84 bits per heavy atom. The highest BCUT2D eigenvalue weighted by molar-refractivity contribution is 6.30. The lowest BCUT2D eigenvalue weighted by Gasteiger charge is -2.22. The normalized spacial score (nSPS) is 11.9. The van der Waals surface area contributed by atoms with Gasteiger partial charge in [0.05, 0.1) is 5.56 Å². The molecule has 2 aromatic carbocycles. The number of amides is 2. The molecule has 4 nitrogen and oxygen atoms in total. The van der Waals surface area contributed by atoms with Crippen LogP contribution in [0, 0.1) is 11.7 Å². The van der Waals surface area contributed by atoms with E-state index >= 15 is 0 Å². The van der Waals surface area contributed by atoms with Gasteiger partial charge in [0, 0.05) is 11.6 Å². The van der Waals surface area contributed by atoms with Gasteiger partial charge in [0.25, 0.3) is 5.91 Å². The topological polar surface area (TPSA) is 58.2 Å². The van der Waals surface area contributed by atoms with E-state index in [2.05, 4.69) is 10.6 Å². The Morgan fingerprint density at radius 1 is 1.12 bits per heavy atom. The SMILES string of the molecule is CC(C)[C@H](NC(=O)c1ccccc1F)C(=O)NCc1cccc(Cl)c1. The minimum absolute atomic E-state index is 0.0872. The Bertz CT molecular complexity index is 765. The van der Waals surface area contributed by atoms with Crippen LogP contribution in [0.5, 0.6) is 0 Å². The van der Waals surface area contributed by atoms with Crippen molar-refractivity contribution < 1.29 is 14.0 Å². The van der Waals surface area contributed by atoms with Crippen LogP contribution >= 0.6 is 11.6 Å². The summed E-state index contributed by atoms with van der Waals surface area (Å²) in [6.45, 7) is 3.91. The molecule has 0 saturated heterocycles. The number of halogens is 2. The Morgan fingerprint density at radius 3 is 2.48 bits per heavy atom. The molecule has 2 amide bonds. The van der Waals surface area contributed by atoms with Gasteiger partial charge in [-0.2, -0.15) is 0 Å². The molecule has 0 aliphatic rings. The Balaban J connectivity index is 2.03. The quantitative estimate of drug-likeness (QED) is 0.825. The highest BCUT2D eigenvalue weighted by Gasteiger charge is 2.25. The number of nitrogens with one attached hydrogen (secondary N) is 2. The molecule has 2 rings (SSSR count). The average Bonchev–Trinajstić information content (AvgIpc) is 2.57. The van der Waals surface area contributed by atoms with Crippen LogP contribution in [0.25, 0.3) is 0 Å². The maximum Gasteiger partial charge on any atom is 0.254 e. The van der Waals surface area contributed by atoms with Gasteiger partial charge >= 0.3 is 0 Å². The van der Waals surface area contributed by atoms with Gasteiger partial charge in [-0.1, -0.05) is 49.7 Å². The van der Waals surface area contributed by atoms with Gasteiger partial charge in [-0.15, -0.1) is 0 Å². The highest BCUT2D eigenvalue weighted by Crippen LogP contribution is 2.11. The van der Waals surface area contributed by atoms with E-state index in [0.717, 1.165) is 5.56 Å². The minimum Gasteiger partial charge on any atom is -0.350 e. The molecule has 0 saturated carbocycles. The molecule has 1 atom stereocenters. The van der Waals surface area contributed by atoms with Crippen LogP contribution in [0.2, 0.25) is 5.02 Å². The Labute approximate surface area is 151 Å². The number of carbonyl (C=O) groups is 2. The van der Waals surface area contributed by atoms with Crippen LogP contribution in [0.15, 0.2) is 48.5 Å². The second-order valence-electron chi connectivity index (χ2n) is 6.02. The number of rotatable bonds is 6. The molecular weight excluding hydrogens is 343 g/mol. The third-order valence-corrected chi connectivity index (χ3v) is 3.95. The lowest BCUT2D eigenvalue weighted by atomic mass is 10.0. The van der Waals surface area contributed by atoms with Crippen LogP contribution < -0.4 is 10.6 Å². The van der Waals surface area contributed by atoms with Crippen LogP contribution in [0.1, 0.15) is 29.8 Å². The first-order chi connectivity index (χ1) is 11.9. The monoisotopic (exact) mass is 362 g/mol. The van der Waals surface area contributed by atoms with Crippen LogP contribution in [0.3, 0.4) is 0 Å². The fourth-order valence-electron chi connectivity index (χ4n) is 2.35. The molecule has 0 bridgehead atoms. The minimum atomic E-state index is -0.772. The number of carbonyl (C=O) groups excluding carboxylic acids is 2. The number of hydrogen-bond acceptors (Lipinski definition) is 2. The molecule has 0 aliphatic heterocycles. The van der Waals surface area contributed by atoms with E-state index in [1.165, 1.54) is 18.2 Å². The summed E-state index contributed by atoms with van der Waals surface area (Å²) in [7, 11) is 0. The van der Waals surface area contributed by atoms with Crippen molar-refractivity contribution in [1.29, 1.82) is 0 Å². The molecule has 2 aromatic rings. The van der Waals surface area contributed by atoms with Crippen molar-refractivity contribution in [2.75, 3.05) is 0 Å². The average molecular weight is 363 g/mol. The highest BCUT2D eigenvalue weighted by atomic mass is 35.5. The summed E-state index contributed by atoms with van der Waals surface area (Å²) in [6.07, 6.45) is 0. The number of benzene rings is 2. The number of hydrogen-bond donors (Lipinski definition) is 2. The summed E-state index contributed by atoms with van der Waals surface area (Å²) >= 11 is 5.92. The van der Waals surface area contributed by atoms with Crippen molar-refractivity contribution in [1.82, 2.24) is 10.6 Å². The molecule has 132 valence electrons. The molecule has 0 heterocycles. The molecule has 0 unspecified atom stereocenters. The zero-order valence-corrected chi connectivity index (χ0v) is 14.8. The predicted octanol–water partition coefficient (Wildman–Crippen LogP) is 3.55. The van der Waals surface area contributed by atoms with Crippen molar-refractivity contribution in [3.63, 3.8) is 0 Å². The summed E-state index contributed by atoms with van der Waals surface area (Å²) in [4.78, 5) is 24.7. The van der Waals surface area contributed by atoms with Gasteiger partial charge in [-0.05, 0) is 35.7 Å². The summed E-state index contributed by atoms with van der Waals surface area (Å²) in [6, 6.07) is 12.0. The van der Waals surface area contributed by atoms with E-state index in [4.69, 9.17) is 11.6 Å². The lowest BCUT2D eigenvalue weighted by Crippen LogP contribution is -2.49. The molecule has 0 aliphatic carbocycles. The van der Waals surface area contributed by atoms with Gasteiger partial charge < -0.3 is 10.6 Å². The maximum atomic E-state index is 13.7. The first kappa shape index (κ1) is 18.9. The van der Waals surface area contributed by atoms with Gasteiger partial charge in [-0.3, -0.25) is 9.59 Å². The van der Waals surface area contributed by atoms with Gasteiger partial charge in [0.2, 0.25) is 5.91 Å². The van der Waals surface area contributed by atoms with E-state index in [1.54, 1.807) is 24.3 Å². The summed E-state index contributed by atoms with van der Waals surface area (Å²) in [5.74, 6) is -1.73. The van der Waals surface area contributed by atoms with E-state index < -0.39 is 17.8 Å². The summed E-state index contributed by atoms with van der Waals surface area (Å²) in [5, 5.41) is 5.96.